The Labute approximate surface area is 229 Å². The molecule has 1 atom stereocenters. The zero-order chi connectivity index (χ0) is 27.2. The van der Waals surface area contributed by atoms with Crippen LogP contribution >= 0.6 is 0 Å². The summed E-state index contributed by atoms with van der Waals surface area (Å²) >= 11 is 0. The molecular weight excluding hydrogens is 505 g/mol. The zero-order valence-corrected chi connectivity index (χ0v) is 21.9. The molecule has 1 aliphatic rings. The Morgan fingerprint density at radius 1 is 1.02 bits per heavy atom. The van der Waals surface area contributed by atoms with E-state index < -0.39 is 0 Å². The van der Waals surface area contributed by atoms with Crippen molar-refractivity contribution >= 4 is 11.0 Å². The van der Waals surface area contributed by atoms with Crippen molar-refractivity contribution < 1.29 is 4.39 Å². The standard InChI is InChI=1S/C31H26FN7O/c1-2-28-33-26-14-15-38(18-19-6-5-7-22(32)16-19)31(40)29(26)39(28)27-13-11-21-17-20(10-12-24(21)27)23-8-3-4-9-25(23)30-34-36-37-35-30/h3-10,12,14-17,27H,2,11,13,18H2,1H3,(H,34,35,36,37)/t27-/m0/s1. The van der Waals surface area contributed by atoms with Crippen molar-refractivity contribution in [3.8, 4) is 22.5 Å². The highest BCUT2D eigenvalue weighted by Gasteiger charge is 2.29. The summed E-state index contributed by atoms with van der Waals surface area (Å²) in [4.78, 5) is 18.7. The third kappa shape index (κ3) is 4.02. The van der Waals surface area contributed by atoms with Crippen LogP contribution in [-0.2, 0) is 19.4 Å². The third-order valence-corrected chi connectivity index (χ3v) is 7.77. The van der Waals surface area contributed by atoms with Crippen LogP contribution < -0.4 is 5.56 Å². The molecule has 1 aliphatic carbocycles. The lowest BCUT2D eigenvalue weighted by molar-refractivity contribution is 0.567. The third-order valence-electron chi connectivity index (χ3n) is 7.77. The zero-order valence-electron chi connectivity index (χ0n) is 21.9. The van der Waals surface area contributed by atoms with Crippen LogP contribution in [-0.4, -0.2) is 34.7 Å². The van der Waals surface area contributed by atoms with Gasteiger partial charge in [-0.1, -0.05) is 61.5 Å². The van der Waals surface area contributed by atoms with Gasteiger partial charge in [0.1, 0.15) is 17.2 Å². The van der Waals surface area contributed by atoms with Gasteiger partial charge in [0.2, 0.25) is 5.82 Å². The van der Waals surface area contributed by atoms with E-state index in [1.807, 2.05) is 30.3 Å². The molecular formula is C31H26FN7O. The first kappa shape index (κ1) is 24.1. The van der Waals surface area contributed by atoms with Crippen molar-refractivity contribution in [2.45, 2.75) is 38.8 Å². The number of aryl methyl sites for hydroxylation is 2. The van der Waals surface area contributed by atoms with Gasteiger partial charge in [-0.25, -0.2) is 9.37 Å². The maximum Gasteiger partial charge on any atom is 0.277 e. The number of rotatable bonds is 6. The number of aromatic amines is 1. The molecule has 0 aliphatic heterocycles. The molecule has 3 heterocycles. The topological polar surface area (TPSA) is 94.3 Å². The molecule has 0 amide bonds. The fourth-order valence-electron chi connectivity index (χ4n) is 5.97. The second-order valence-corrected chi connectivity index (χ2v) is 10.1. The van der Waals surface area contributed by atoms with Crippen LogP contribution in [0.25, 0.3) is 33.5 Å². The molecule has 198 valence electrons. The molecule has 3 aromatic carbocycles. The quantitative estimate of drug-likeness (QED) is 0.314. The van der Waals surface area contributed by atoms with E-state index in [1.165, 1.54) is 23.3 Å². The number of aromatic nitrogens is 7. The van der Waals surface area contributed by atoms with Crippen molar-refractivity contribution in [3.63, 3.8) is 0 Å². The van der Waals surface area contributed by atoms with Gasteiger partial charge in [0.25, 0.3) is 5.56 Å². The van der Waals surface area contributed by atoms with E-state index in [0.717, 1.165) is 40.9 Å². The number of imidazole rings is 1. The van der Waals surface area contributed by atoms with E-state index in [-0.39, 0.29) is 17.4 Å². The van der Waals surface area contributed by atoms with Crippen LogP contribution in [0.1, 0.15) is 41.9 Å². The molecule has 7 rings (SSSR count). The number of pyridine rings is 1. The maximum absolute atomic E-state index is 13.8. The summed E-state index contributed by atoms with van der Waals surface area (Å²) < 4.78 is 17.6. The van der Waals surface area contributed by atoms with E-state index in [9.17, 15) is 9.18 Å². The van der Waals surface area contributed by atoms with Crippen LogP contribution in [0.3, 0.4) is 0 Å². The number of hydrogen-bond donors (Lipinski definition) is 1. The summed E-state index contributed by atoms with van der Waals surface area (Å²) in [7, 11) is 0. The lowest BCUT2D eigenvalue weighted by Gasteiger charge is -2.18. The molecule has 1 N–H and O–H groups in total. The van der Waals surface area contributed by atoms with E-state index >= 15 is 0 Å². The summed E-state index contributed by atoms with van der Waals surface area (Å²) in [5.74, 6) is 1.13. The lowest BCUT2D eigenvalue weighted by atomic mass is 9.96. The lowest BCUT2D eigenvalue weighted by Crippen LogP contribution is -2.24. The summed E-state index contributed by atoms with van der Waals surface area (Å²) in [6.45, 7) is 2.36. The molecule has 3 aromatic heterocycles. The van der Waals surface area contributed by atoms with Crippen molar-refractivity contribution in [1.82, 2.24) is 34.7 Å². The molecule has 40 heavy (non-hydrogen) atoms. The SMILES string of the molecule is CCc1nc2ccn(Cc3cccc(F)c3)c(=O)c2n1[C@H]1CCc2cc(-c3ccccc3-c3nn[nH]n3)ccc21. The van der Waals surface area contributed by atoms with Gasteiger partial charge < -0.3 is 9.13 Å². The number of H-pyrrole nitrogens is 1. The average Bonchev–Trinajstić information content (AvgIpc) is 3.73. The molecule has 0 radical (unpaired) electrons. The predicted octanol–water partition coefficient (Wildman–Crippen LogP) is 5.33. The van der Waals surface area contributed by atoms with Crippen molar-refractivity contribution in [1.29, 1.82) is 0 Å². The first-order valence-corrected chi connectivity index (χ1v) is 13.4. The van der Waals surface area contributed by atoms with Crippen LogP contribution in [0.2, 0.25) is 0 Å². The van der Waals surface area contributed by atoms with E-state index in [2.05, 4.69) is 56.4 Å². The summed E-state index contributed by atoms with van der Waals surface area (Å²) in [6, 6.07) is 22.8. The Bertz CT molecular complexity index is 1920. The molecule has 0 unspecified atom stereocenters. The summed E-state index contributed by atoms with van der Waals surface area (Å²) in [5.41, 5.74) is 7.41. The fraction of sp³-hybridized carbons (Fsp3) is 0.194. The van der Waals surface area contributed by atoms with E-state index in [4.69, 9.17) is 4.98 Å². The van der Waals surface area contributed by atoms with Gasteiger partial charge >= 0.3 is 0 Å². The summed E-state index contributed by atoms with van der Waals surface area (Å²) in [6.07, 6.45) is 4.23. The monoisotopic (exact) mass is 531 g/mol. The molecule has 0 bridgehead atoms. The van der Waals surface area contributed by atoms with Gasteiger partial charge in [0.15, 0.2) is 0 Å². The number of nitrogens with one attached hydrogen (secondary N) is 1. The summed E-state index contributed by atoms with van der Waals surface area (Å²) in [5, 5.41) is 14.6. The van der Waals surface area contributed by atoms with Gasteiger partial charge in [-0.15, -0.1) is 10.2 Å². The van der Waals surface area contributed by atoms with Crippen LogP contribution in [0, 0.1) is 5.82 Å². The molecule has 0 fully saturated rings. The number of hydrogen-bond acceptors (Lipinski definition) is 5. The van der Waals surface area contributed by atoms with Crippen molar-refractivity contribution in [3.05, 3.63) is 118 Å². The number of benzene rings is 3. The van der Waals surface area contributed by atoms with Gasteiger partial charge in [-0.2, -0.15) is 5.21 Å². The highest BCUT2D eigenvalue weighted by molar-refractivity contribution is 5.81. The van der Waals surface area contributed by atoms with E-state index in [1.54, 1.807) is 16.8 Å². The molecule has 0 spiro atoms. The highest BCUT2D eigenvalue weighted by atomic mass is 19.1. The number of halogens is 1. The average molecular weight is 532 g/mol. The van der Waals surface area contributed by atoms with E-state index in [0.29, 0.717) is 29.8 Å². The molecule has 0 saturated carbocycles. The first-order valence-electron chi connectivity index (χ1n) is 13.4. The van der Waals surface area contributed by atoms with Crippen LogP contribution in [0.4, 0.5) is 4.39 Å². The second-order valence-electron chi connectivity index (χ2n) is 10.1. The second kappa shape index (κ2) is 9.68. The van der Waals surface area contributed by atoms with Gasteiger partial charge in [0, 0.05) is 18.2 Å². The largest absolute Gasteiger partial charge is 0.316 e. The Morgan fingerprint density at radius 3 is 2.70 bits per heavy atom. The minimum absolute atomic E-state index is 0.00849. The Morgan fingerprint density at radius 2 is 1.90 bits per heavy atom. The minimum atomic E-state index is -0.313. The fourth-order valence-corrected chi connectivity index (χ4v) is 5.97. The maximum atomic E-state index is 13.8. The first-order chi connectivity index (χ1) is 19.6. The van der Waals surface area contributed by atoms with Gasteiger partial charge in [0.05, 0.1) is 18.1 Å². The molecule has 8 nitrogen and oxygen atoms in total. The van der Waals surface area contributed by atoms with Crippen LogP contribution in [0.5, 0.6) is 0 Å². The number of nitrogens with zero attached hydrogens (tertiary/aromatic N) is 6. The van der Waals surface area contributed by atoms with Crippen molar-refractivity contribution in [2.24, 2.45) is 0 Å². The Hall–Kier alpha value is -4.92. The Kier molecular flexibility index (Phi) is 5.84. The minimum Gasteiger partial charge on any atom is -0.316 e. The Balaban J connectivity index is 1.30. The number of tetrazole rings is 1. The molecule has 6 aromatic rings. The van der Waals surface area contributed by atoms with Gasteiger partial charge in [-0.3, -0.25) is 4.79 Å². The number of fused-ring (bicyclic) bond motifs is 2. The van der Waals surface area contributed by atoms with Gasteiger partial charge in [-0.05, 0) is 64.1 Å². The predicted molar refractivity (Wildman–Crippen MR) is 150 cm³/mol. The smallest absolute Gasteiger partial charge is 0.277 e. The normalized spacial score (nSPS) is 14.6. The van der Waals surface area contributed by atoms with Crippen molar-refractivity contribution in [2.75, 3.05) is 0 Å². The highest BCUT2D eigenvalue weighted by Crippen LogP contribution is 2.40. The van der Waals surface area contributed by atoms with Crippen LogP contribution in [0.15, 0.2) is 83.8 Å². The molecule has 9 heteroatoms. The molecule has 0 saturated heterocycles.